The van der Waals surface area contributed by atoms with Gasteiger partial charge in [0.2, 0.25) is 0 Å². The number of amides is 1. The van der Waals surface area contributed by atoms with Gasteiger partial charge in [0.15, 0.2) is 0 Å². The summed E-state index contributed by atoms with van der Waals surface area (Å²) in [6, 6.07) is 3.58. The van der Waals surface area contributed by atoms with Crippen molar-refractivity contribution in [3.8, 4) is 0 Å². The van der Waals surface area contributed by atoms with Crippen LogP contribution in [0.1, 0.15) is 42.5 Å². The van der Waals surface area contributed by atoms with E-state index < -0.39 is 0 Å². The van der Waals surface area contributed by atoms with Crippen LogP contribution in [0.5, 0.6) is 0 Å². The Morgan fingerprint density at radius 2 is 2.00 bits per heavy atom. The Hall–Kier alpha value is -1.46. The molecule has 1 atom stereocenters. The predicted molar refractivity (Wildman–Crippen MR) is 89.7 cm³/mol. The van der Waals surface area contributed by atoms with Crippen LogP contribution in [0.2, 0.25) is 0 Å². The number of likely N-dealkylation sites (tertiary alicyclic amines) is 1. The maximum atomic E-state index is 12.5. The van der Waals surface area contributed by atoms with Gasteiger partial charge in [0, 0.05) is 37.7 Å². The van der Waals surface area contributed by atoms with Gasteiger partial charge >= 0.3 is 0 Å². The molecule has 1 aliphatic carbocycles. The molecule has 130 valence electrons. The van der Waals surface area contributed by atoms with Crippen molar-refractivity contribution < 1.29 is 14.3 Å². The molecule has 0 radical (unpaired) electrons. The lowest BCUT2D eigenvalue weighted by molar-refractivity contribution is 0.00938. The van der Waals surface area contributed by atoms with Gasteiger partial charge in [-0.1, -0.05) is 0 Å². The molecule has 4 rings (SSSR count). The van der Waals surface area contributed by atoms with E-state index in [0.717, 1.165) is 63.7 Å². The van der Waals surface area contributed by atoms with Crippen molar-refractivity contribution in [2.75, 3.05) is 32.9 Å². The Morgan fingerprint density at radius 3 is 2.71 bits per heavy atom. The van der Waals surface area contributed by atoms with Crippen LogP contribution in [0.15, 0.2) is 24.5 Å². The number of nitrogens with zero attached hydrogens (tertiary/aromatic N) is 2. The first-order chi connectivity index (χ1) is 11.7. The third kappa shape index (κ3) is 3.62. The Kier molecular flexibility index (Phi) is 4.55. The number of ether oxygens (including phenoxy) is 2. The molecule has 3 fully saturated rings. The van der Waals surface area contributed by atoms with Gasteiger partial charge in [0.1, 0.15) is 0 Å². The van der Waals surface area contributed by atoms with Crippen LogP contribution in [-0.4, -0.2) is 54.8 Å². The highest BCUT2D eigenvalue weighted by Crippen LogP contribution is 2.42. The Labute approximate surface area is 143 Å². The highest BCUT2D eigenvalue weighted by Gasteiger charge is 2.43. The zero-order chi connectivity index (χ0) is 16.4. The van der Waals surface area contributed by atoms with Crippen LogP contribution in [0.4, 0.5) is 0 Å². The van der Waals surface area contributed by atoms with Gasteiger partial charge in [-0.2, -0.15) is 0 Å². The number of carbonyl (C=O) groups excluding carboxylic acids is 1. The molecule has 24 heavy (non-hydrogen) atoms. The minimum Gasteiger partial charge on any atom is -0.378 e. The maximum absolute atomic E-state index is 12.5. The Balaban J connectivity index is 1.25. The average molecular weight is 330 g/mol. The topological polar surface area (TPSA) is 51.7 Å². The van der Waals surface area contributed by atoms with Crippen LogP contribution >= 0.6 is 0 Å². The lowest BCUT2D eigenvalue weighted by Gasteiger charge is -2.38. The van der Waals surface area contributed by atoms with Crippen molar-refractivity contribution in [2.45, 2.75) is 38.2 Å². The van der Waals surface area contributed by atoms with Crippen molar-refractivity contribution in [3.05, 3.63) is 30.1 Å². The lowest BCUT2D eigenvalue weighted by atomic mass is 9.76. The molecular weight excluding hydrogens is 304 g/mol. The molecule has 1 aromatic heterocycles. The highest BCUT2D eigenvalue weighted by atomic mass is 16.5. The van der Waals surface area contributed by atoms with E-state index in [1.807, 2.05) is 4.90 Å². The zero-order valence-electron chi connectivity index (χ0n) is 14.2. The van der Waals surface area contributed by atoms with E-state index in [9.17, 15) is 4.79 Å². The van der Waals surface area contributed by atoms with Crippen molar-refractivity contribution in [1.82, 2.24) is 9.88 Å². The van der Waals surface area contributed by atoms with Crippen molar-refractivity contribution >= 4 is 5.91 Å². The van der Waals surface area contributed by atoms with E-state index in [2.05, 4.69) is 4.98 Å². The van der Waals surface area contributed by atoms with Crippen molar-refractivity contribution in [1.29, 1.82) is 0 Å². The molecule has 1 aromatic rings. The number of aromatic nitrogens is 1. The third-order valence-electron chi connectivity index (χ3n) is 5.68. The van der Waals surface area contributed by atoms with Crippen LogP contribution in [0, 0.1) is 11.3 Å². The molecule has 1 spiro atoms. The number of piperidine rings is 1. The molecule has 2 saturated heterocycles. The third-order valence-corrected chi connectivity index (χ3v) is 5.68. The number of carbonyl (C=O) groups is 1. The van der Waals surface area contributed by atoms with Crippen LogP contribution in [0.25, 0.3) is 0 Å². The first kappa shape index (κ1) is 16.0. The molecule has 3 aliphatic rings. The molecule has 5 nitrogen and oxygen atoms in total. The summed E-state index contributed by atoms with van der Waals surface area (Å²) in [5, 5.41) is 0. The summed E-state index contributed by atoms with van der Waals surface area (Å²) in [4.78, 5) is 18.5. The summed E-state index contributed by atoms with van der Waals surface area (Å²) in [5.41, 5.74) is 0.984. The Bertz CT molecular complexity index is 565. The van der Waals surface area contributed by atoms with Gasteiger partial charge in [0.05, 0.1) is 19.3 Å². The molecule has 0 bridgehead atoms. The van der Waals surface area contributed by atoms with Gasteiger partial charge in [-0.25, -0.2) is 0 Å². The number of rotatable bonds is 5. The first-order valence-electron chi connectivity index (χ1n) is 9.13. The summed E-state index contributed by atoms with van der Waals surface area (Å²) in [5.74, 6) is 0.929. The first-order valence-corrected chi connectivity index (χ1v) is 9.13. The number of pyridine rings is 1. The summed E-state index contributed by atoms with van der Waals surface area (Å²) in [6.45, 7) is 4.10. The van der Waals surface area contributed by atoms with Crippen molar-refractivity contribution in [2.24, 2.45) is 11.3 Å². The normalized spacial score (nSPS) is 26.0. The fourth-order valence-corrected chi connectivity index (χ4v) is 3.86. The van der Waals surface area contributed by atoms with Gasteiger partial charge in [0.25, 0.3) is 5.91 Å². The van der Waals surface area contributed by atoms with Crippen molar-refractivity contribution in [3.63, 3.8) is 0 Å². The number of hydrogen-bond acceptors (Lipinski definition) is 4. The molecular formula is C19H26N2O3. The van der Waals surface area contributed by atoms with E-state index in [0.29, 0.717) is 0 Å². The summed E-state index contributed by atoms with van der Waals surface area (Å²) in [6.07, 6.45) is 9.39. The summed E-state index contributed by atoms with van der Waals surface area (Å²) >= 11 is 0. The van der Waals surface area contributed by atoms with Crippen LogP contribution in [0.3, 0.4) is 0 Å². The second kappa shape index (κ2) is 6.81. The lowest BCUT2D eigenvalue weighted by Crippen LogP contribution is -2.43. The van der Waals surface area contributed by atoms with E-state index >= 15 is 0 Å². The van der Waals surface area contributed by atoms with Gasteiger partial charge < -0.3 is 14.4 Å². The second-order valence-corrected chi connectivity index (χ2v) is 7.65. The molecule has 2 aliphatic heterocycles. The Morgan fingerprint density at radius 1 is 1.25 bits per heavy atom. The van der Waals surface area contributed by atoms with Gasteiger partial charge in [-0.15, -0.1) is 0 Å². The number of hydrogen-bond donors (Lipinski definition) is 0. The largest absolute Gasteiger partial charge is 0.378 e. The van der Waals surface area contributed by atoms with Crippen LogP contribution in [-0.2, 0) is 9.47 Å². The van der Waals surface area contributed by atoms with E-state index in [4.69, 9.17) is 9.47 Å². The summed E-state index contributed by atoms with van der Waals surface area (Å²) < 4.78 is 11.8. The SMILES string of the molecule is O=C(c1ccncc1)N1CCC2(CC1)COC(COCC1CC1)C2. The molecule has 0 aromatic carbocycles. The fraction of sp³-hybridized carbons (Fsp3) is 0.684. The van der Waals surface area contributed by atoms with E-state index in [1.54, 1.807) is 24.5 Å². The molecule has 5 heteroatoms. The molecule has 1 unspecified atom stereocenters. The minimum atomic E-state index is 0.121. The van der Waals surface area contributed by atoms with Gasteiger partial charge in [-0.05, 0) is 55.6 Å². The minimum absolute atomic E-state index is 0.121. The second-order valence-electron chi connectivity index (χ2n) is 7.65. The highest BCUT2D eigenvalue weighted by molar-refractivity contribution is 5.94. The monoisotopic (exact) mass is 330 g/mol. The van der Waals surface area contributed by atoms with Gasteiger partial charge in [-0.3, -0.25) is 9.78 Å². The standard InChI is InChI=1S/C19H26N2O3/c22-18(16-3-7-20-8-4-16)21-9-5-19(6-10-21)11-17(24-14-19)13-23-12-15-1-2-15/h3-4,7-8,15,17H,1-2,5-6,9-14H2. The molecule has 3 heterocycles. The predicted octanol–water partition coefficient (Wildman–Crippen LogP) is 2.52. The van der Waals surface area contributed by atoms with E-state index in [-0.39, 0.29) is 17.4 Å². The molecule has 1 saturated carbocycles. The zero-order valence-corrected chi connectivity index (χ0v) is 14.2. The molecule has 0 N–H and O–H groups in total. The molecule has 1 amide bonds. The quantitative estimate of drug-likeness (QED) is 0.832. The smallest absolute Gasteiger partial charge is 0.253 e. The average Bonchev–Trinajstić information content (AvgIpc) is 3.37. The summed E-state index contributed by atoms with van der Waals surface area (Å²) in [7, 11) is 0. The van der Waals surface area contributed by atoms with Crippen LogP contribution < -0.4 is 0 Å². The van der Waals surface area contributed by atoms with E-state index in [1.165, 1.54) is 12.8 Å². The fourth-order valence-electron chi connectivity index (χ4n) is 3.86. The maximum Gasteiger partial charge on any atom is 0.253 e.